The number of carbonyl (C=O) groups is 3. The van der Waals surface area contributed by atoms with Crippen LogP contribution in [0.2, 0.25) is 0 Å². The molecule has 3 aliphatic rings. The van der Waals surface area contributed by atoms with Gasteiger partial charge < -0.3 is 45.4 Å². The van der Waals surface area contributed by atoms with Crippen LogP contribution in [-0.4, -0.2) is 75.4 Å². The molecule has 5 rings (SSSR count). The number of hydrogen-bond donors (Lipinski definition) is 4. The lowest BCUT2D eigenvalue weighted by Crippen LogP contribution is -2.45. The molecule has 6 N–H and O–H groups in total. The van der Waals surface area contributed by atoms with Gasteiger partial charge in [-0.3, -0.25) is 13.8 Å². The van der Waals surface area contributed by atoms with Gasteiger partial charge in [-0.25, -0.2) is 14.2 Å². The number of phosphoric acid groups is 1. The van der Waals surface area contributed by atoms with E-state index in [0.29, 0.717) is 36.7 Å². The summed E-state index contributed by atoms with van der Waals surface area (Å²) in [5.74, 6) is -0.322. The fraction of sp³-hybridized carbons (Fsp3) is 0.732. The van der Waals surface area contributed by atoms with Crippen LogP contribution in [0.1, 0.15) is 209 Å². The summed E-state index contributed by atoms with van der Waals surface area (Å²) in [6.45, 7) is 7.88. The average molecular weight is 1030 g/mol. The number of fused-ring (bicyclic) bond motifs is 5. The number of aromatic hydroxyl groups is 1. The number of phenols is 1. The zero-order valence-electron chi connectivity index (χ0n) is 44.1. The van der Waals surface area contributed by atoms with Crippen LogP contribution in [0.4, 0.5) is 10.5 Å². The first-order chi connectivity index (χ1) is 34.9. The molecular formula is C56H90N3O12P. The van der Waals surface area contributed by atoms with Crippen molar-refractivity contribution in [1.82, 2.24) is 5.32 Å². The summed E-state index contributed by atoms with van der Waals surface area (Å²) in [6.07, 6.45) is 28.9. The van der Waals surface area contributed by atoms with E-state index < -0.39 is 37.1 Å². The van der Waals surface area contributed by atoms with Gasteiger partial charge in [0.25, 0.3) is 5.91 Å². The van der Waals surface area contributed by atoms with Crippen molar-refractivity contribution < 1.29 is 56.6 Å². The highest BCUT2D eigenvalue weighted by Crippen LogP contribution is 2.62. The van der Waals surface area contributed by atoms with E-state index in [1.807, 2.05) is 6.07 Å². The molecule has 0 saturated heterocycles. The van der Waals surface area contributed by atoms with Gasteiger partial charge in [0.1, 0.15) is 29.8 Å². The number of primary amides is 1. The first-order valence-corrected chi connectivity index (χ1v) is 29.3. The maximum Gasteiger partial charge on any atom is 0.530 e. The van der Waals surface area contributed by atoms with Crippen molar-refractivity contribution >= 4 is 31.5 Å². The topological polar surface area (TPSA) is 217 Å². The fourth-order valence-corrected chi connectivity index (χ4v) is 12.6. The van der Waals surface area contributed by atoms with Gasteiger partial charge in [0.15, 0.2) is 5.75 Å². The maximum absolute atomic E-state index is 14.2. The molecule has 0 heterocycles. The molecule has 2 aromatic rings. The van der Waals surface area contributed by atoms with Gasteiger partial charge in [-0.05, 0) is 105 Å². The van der Waals surface area contributed by atoms with E-state index in [4.69, 9.17) is 44.0 Å². The van der Waals surface area contributed by atoms with Crippen molar-refractivity contribution in [3.05, 3.63) is 47.0 Å². The number of rotatable bonds is 37. The molecule has 0 spiro atoms. The lowest BCUT2D eigenvalue weighted by Gasteiger charge is -2.50. The lowest BCUT2D eigenvalue weighted by atomic mass is 9.55. The summed E-state index contributed by atoms with van der Waals surface area (Å²) < 4.78 is 54.8. The van der Waals surface area contributed by atoms with Crippen LogP contribution in [0.15, 0.2) is 30.3 Å². The average Bonchev–Trinajstić information content (AvgIpc) is 3.69. The number of phosphoric ester groups is 1. The third-order valence-electron chi connectivity index (χ3n) is 15.3. The Morgan fingerprint density at radius 1 is 0.736 bits per heavy atom. The molecule has 5 unspecified atom stereocenters. The molecule has 2 aromatic carbocycles. The Kier molecular flexibility index (Phi) is 26.0. The highest BCUT2D eigenvalue weighted by molar-refractivity contribution is 7.48. The molecule has 16 heteroatoms. The number of ether oxygens (including phenoxy) is 4. The second-order valence-electron chi connectivity index (χ2n) is 20.7. The minimum absolute atomic E-state index is 0.0789. The van der Waals surface area contributed by atoms with E-state index in [-0.39, 0.29) is 55.9 Å². The summed E-state index contributed by atoms with van der Waals surface area (Å²) in [5.41, 5.74) is 12.9. The number of benzene rings is 2. The van der Waals surface area contributed by atoms with E-state index >= 15 is 0 Å². The molecule has 2 fully saturated rings. The van der Waals surface area contributed by atoms with Gasteiger partial charge in [0, 0.05) is 12.0 Å². The SMILES string of the molecule is CCCCCCCCCCCCOP(=O)(OCCCCCCCCCCCC)Oc1ccc2c(c1)CCC1C2CCC2(C)C(OC(=O)COCCOCCNC(=O)Oc3ccc(N)c(O)c3C(N)=O)CCC12. The molecule has 0 aliphatic heterocycles. The van der Waals surface area contributed by atoms with Gasteiger partial charge >= 0.3 is 19.9 Å². The zero-order valence-corrected chi connectivity index (χ0v) is 45.0. The summed E-state index contributed by atoms with van der Waals surface area (Å²) in [5, 5.41) is 12.5. The number of esters is 1. The van der Waals surface area contributed by atoms with Crippen molar-refractivity contribution in [2.24, 2.45) is 23.0 Å². The Labute approximate surface area is 430 Å². The Bertz CT molecular complexity index is 1970. The lowest BCUT2D eigenvalue weighted by molar-refractivity contribution is -0.163. The number of nitrogens with one attached hydrogen (secondary N) is 1. The number of unbranched alkanes of at least 4 members (excludes halogenated alkanes) is 18. The molecule has 72 heavy (non-hydrogen) atoms. The molecule has 0 radical (unpaired) electrons. The maximum atomic E-state index is 14.2. The van der Waals surface area contributed by atoms with Crippen molar-refractivity contribution in [2.45, 2.75) is 200 Å². The number of hydrogen-bond acceptors (Lipinski definition) is 13. The molecule has 0 aromatic heterocycles. The predicted octanol–water partition coefficient (Wildman–Crippen LogP) is 13.0. The number of amides is 2. The number of aryl methyl sites for hydroxylation is 1. The van der Waals surface area contributed by atoms with Crippen LogP contribution >= 0.6 is 7.82 Å². The summed E-state index contributed by atoms with van der Waals surface area (Å²) in [6, 6.07) is 8.74. The third kappa shape index (κ3) is 18.8. The highest BCUT2D eigenvalue weighted by Gasteiger charge is 2.56. The number of nitrogens with two attached hydrogens (primary N) is 2. The van der Waals surface area contributed by atoms with E-state index in [0.717, 1.165) is 77.0 Å². The summed E-state index contributed by atoms with van der Waals surface area (Å²) in [4.78, 5) is 36.9. The first kappa shape index (κ1) is 59.0. The Morgan fingerprint density at radius 3 is 1.94 bits per heavy atom. The number of carbonyl (C=O) groups excluding carboxylic acids is 3. The molecule has 406 valence electrons. The smallest absolute Gasteiger partial charge is 0.505 e. The van der Waals surface area contributed by atoms with Crippen molar-refractivity contribution in [3.8, 4) is 17.2 Å². The monoisotopic (exact) mass is 1030 g/mol. The molecule has 2 amide bonds. The number of anilines is 1. The van der Waals surface area contributed by atoms with E-state index in [2.05, 4.69) is 38.2 Å². The highest BCUT2D eigenvalue weighted by atomic mass is 31.2. The molecule has 5 atom stereocenters. The van der Waals surface area contributed by atoms with Gasteiger partial charge in [0.2, 0.25) is 0 Å². The van der Waals surface area contributed by atoms with Gasteiger partial charge in [0.05, 0.1) is 38.7 Å². The summed E-state index contributed by atoms with van der Waals surface area (Å²) >= 11 is 0. The summed E-state index contributed by atoms with van der Waals surface area (Å²) in [7, 11) is -3.83. The predicted molar refractivity (Wildman–Crippen MR) is 281 cm³/mol. The Morgan fingerprint density at radius 2 is 1.33 bits per heavy atom. The molecule has 3 aliphatic carbocycles. The third-order valence-corrected chi connectivity index (χ3v) is 16.8. The number of nitrogen functional groups attached to an aromatic ring is 1. The van der Waals surface area contributed by atoms with Gasteiger partial charge in [-0.2, -0.15) is 0 Å². The molecule has 2 saturated carbocycles. The van der Waals surface area contributed by atoms with E-state index in [9.17, 15) is 24.1 Å². The second kappa shape index (κ2) is 31.8. The molecule has 0 bridgehead atoms. The van der Waals surface area contributed by atoms with Gasteiger partial charge in [-0.1, -0.05) is 142 Å². The van der Waals surface area contributed by atoms with Gasteiger partial charge in [-0.15, -0.1) is 0 Å². The van der Waals surface area contributed by atoms with Crippen LogP contribution in [0.3, 0.4) is 0 Å². The normalized spacial score (nSPS) is 20.3. The van der Waals surface area contributed by atoms with Crippen LogP contribution in [0.5, 0.6) is 17.2 Å². The quantitative estimate of drug-likeness (QED) is 0.0163. The van der Waals surface area contributed by atoms with Crippen molar-refractivity contribution in [1.29, 1.82) is 0 Å². The first-order valence-electron chi connectivity index (χ1n) is 27.8. The minimum atomic E-state index is -3.83. The van der Waals surface area contributed by atoms with Crippen LogP contribution < -0.4 is 26.0 Å². The van der Waals surface area contributed by atoms with E-state index in [1.165, 1.54) is 113 Å². The van der Waals surface area contributed by atoms with Crippen molar-refractivity contribution in [3.63, 3.8) is 0 Å². The Balaban J connectivity index is 1.03. The van der Waals surface area contributed by atoms with Crippen molar-refractivity contribution in [2.75, 3.05) is 51.9 Å². The molecule has 15 nitrogen and oxygen atoms in total. The van der Waals surface area contributed by atoms with Crippen LogP contribution in [0.25, 0.3) is 0 Å². The Hall–Kier alpha value is -3.88. The largest absolute Gasteiger partial charge is 0.530 e. The van der Waals surface area contributed by atoms with E-state index in [1.54, 1.807) is 0 Å². The standard InChI is InChI=1S/C56H90N3O12P/c1-4-6-8-10-12-14-16-18-20-22-35-67-72(64,68-36-23-21-19-17-15-13-11-9-7-5-2)71-43-25-27-44-42(40-43)24-26-46-45(44)32-33-56(3)47(46)28-31-50(56)70-51(60)41-66-39-38-65-37-34-59-55(63)69-49-30-29-48(57)53(61)52(49)54(58)62/h25,27,29-30,40,45-47,50,61H,4-24,26,28,31-39,41,57H2,1-3H3,(H2,58,62)(H,59,63). The second-order valence-corrected chi connectivity index (χ2v) is 22.3. The fourth-order valence-electron chi connectivity index (χ4n) is 11.4. The van der Waals surface area contributed by atoms with Crippen LogP contribution in [0, 0.1) is 17.3 Å². The van der Waals surface area contributed by atoms with Crippen LogP contribution in [-0.2, 0) is 39.0 Å². The molecular weight excluding hydrogens is 938 g/mol. The zero-order chi connectivity index (χ0) is 51.6. The minimum Gasteiger partial charge on any atom is -0.505 e.